The lowest BCUT2D eigenvalue weighted by atomic mass is 9.46. The van der Waals surface area contributed by atoms with Crippen LogP contribution in [0.3, 0.4) is 0 Å². The van der Waals surface area contributed by atoms with Crippen molar-refractivity contribution in [2.24, 2.45) is 16.7 Å². The summed E-state index contributed by atoms with van der Waals surface area (Å²) in [5.74, 6) is 0.168. The van der Waals surface area contributed by atoms with Crippen molar-refractivity contribution in [2.75, 3.05) is 0 Å². The third-order valence-electron chi connectivity index (χ3n) is 5.82. The molecule has 0 radical (unpaired) electrons. The summed E-state index contributed by atoms with van der Waals surface area (Å²) in [4.78, 5) is 24.6. The molecule has 0 aromatic carbocycles. The van der Waals surface area contributed by atoms with Crippen LogP contribution >= 0.6 is 0 Å². The molecule has 2 heteroatoms. The van der Waals surface area contributed by atoms with E-state index in [1.165, 1.54) is 0 Å². The second-order valence-corrected chi connectivity index (χ2v) is 5.71. The molecular weight excluding hydrogens is 224 g/mol. The lowest BCUT2D eigenvalue weighted by Crippen LogP contribution is -2.57. The zero-order valence-electron chi connectivity index (χ0n) is 12.6. The standard InChI is InChI=1S/C16H28O2/c1-6-12-11-13(17)14(18)16(9-4,10-5)15(12,7-2)8-3/h12H,6-11H2,1-5H3. The van der Waals surface area contributed by atoms with Gasteiger partial charge < -0.3 is 0 Å². The fourth-order valence-electron chi connectivity index (χ4n) is 4.71. The Labute approximate surface area is 112 Å². The number of Topliss-reactive ketones (excluding diaryl/α,β-unsaturated/α-hetero) is 2. The van der Waals surface area contributed by atoms with Crippen LogP contribution < -0.4 is 0 Å². The van der Waals surface area contributed by atoms with Crippen molar-refractivity contribution in [3.8, 4) is 0 Å². The van der Waals surface area contributed by atoms with Gasteiger partial charge in [0.2, 0.25) is 5.78 Å². The quantitative estimate of drug-likeness (QED) is 0.688. The summed E-state index contributed by atoms with van der Waals surface area (Å²) in [7, 11) is 0. The molecule has 2 nitrogen and oxygen atoms in total. The Balaban J connectivity index is 3.43. The monoisotopic (exact) mass is 252 g/mol. The molecule has 18 heavy (non-hydrogen) atoms. The maximum atomic E-state index is 12.6. The van der Waals surface area contributed by atoms with Crippen molar-refractivity contribution in [3.05, 3.63) is 0 Å². The highest BCUT2D eigenvalue weighted by atomic mass is 16.2. The average molecular weight is 252 g/mol. The molecule has 1 rings (SSSR count). The van der Waals surface area contributed by atoms with Crippen molar-refractivity contribution in [3.63, 3.8) is 0 Å². The van der Waals surface area contributed by atoms with E-state index in [0.717, 1.165) is 32.1 Å². The van der Waals surface area contributed by atoms with Gasteiger partial charge in [-0.05, 0) is 37.0 Å². The van der Waals surface area contributed by atoms with Crippen molar-refractivity contribution in [1.29, 1.82) is 0 Å². The number of carbonyl (C=O) groups excluding carboxylic acids is 2. The molecule has 1 aliphatic carbocycles. The van der Waals surface area contributed by atoms with E-state index in [1.54, 1.807) is 0 Å². The maximum absolute atomic E-state index is 12.6. The van der Waals surface area contributed by atoms with E-state index in [-0.39, 0.29) is 17.0 Å². The summed E-state index contributed by atoms with van der Waals surface area (Å²) in [6, 6.07) is 0. The third kappa shape index (κ3) is 1.76. The summed E-state index contributed by atoms with van der Waals surface area (Å²) in [6.07, 6.45) is 5.07. The number of rotatable bonds is 5. The highest BCUT2D eigenvalue weighted by molar-refractivity contribution is 6.40. The van der Waals surface area contributed by atoms with Crippen LogP contribution in [0.4, 0.5) is 0 Å². The molecule has 0 N–H and O–H groups in total. The fourth-order valence-corrected chi connectivity index (χ4v) is 4.71. The smallest absolute Gasteiger partial charge is 0.205 e. The van der Waals surface area contributed by atoms with Crippen molar-refractivity contribution < 1.29 is 9.59 Å². The van der Waals surface area contributed by atoms with Gasteiger partial charge in [-0.2, -0.15) is 0 Å². The topological polar surface area (TPSA) is 34.1 Å². The number of hydrogen-bond donors (Lipinski definition) is 0. The molecule has 1 aliphatic rings. The lowest BCUT2D eigenvalue weighted by Gasteiger charge is -2.55. The summed E-state index contributed by atoms with van der Waals surface area (Å²) >= 11 is 0. The van der Waals surface area contributed by atoms with E-state index in [0.29, 0.717) is 12.3 Å². The van der Waals surface area contributed by atoms with Gasteiger partial charge in [0.15, 0.2) is 5.78 Å². The first-order chi connectivity index (χ1) is 8.49. The summed E-state index contributed by atoms with van der Waals surface area (Å²) in [6.45, 7) is 10.7. The van der Waals surface area contributed by atoms with Crippen molar-refractivity contribution >= 4 is 11.6 Å². The van der Waals surface area contributed by atoms with Gasteiger partial charge in [0.05, 0.1) is 0 Å². The number of hydrogen-bond acceptors (Lipinski definition) is 2. The molecule has 104 valence electrons. The molecule has 0 aromatic rings. The van der Waals surface area contributed by atoms with Gasteiger partial charge >= 0.3 is 0 Å². The van der Waals surface area contributed by atoms with E-state index in [2.05, 4.69) is 34.6 Å². The van der Waals surface area contributed by atoms with Crippen LogP contribution in [0.15, 0.2) is 0 Å². The SMILES string of the molecule is CCC1CC(=O)C(=O)C(CC)(CC)C1(CC)CC. The van der Waals surface area contributed by atoms with Gasteiger partial charge in [-0.1, -0.05) is 41.0 Å². The molecular formula is C16H28O2. The Morgan fingerprint density at radius 3 is 1.78 bits per heavy atom. The first-order valence-electron chi connectivity index (χ1n) is 7.57. The van der Waals surface area contributed by atoms with E-state index in [9.17, 15) is 9.59 Å². The number of carbonyl (C=O) groups is 2. The Morgan fingerprint density at radius 2 is 1.44 bits per heavy atom. The minimum atomic E-state index is -0.410. The van der Waals surface area contributed by atoms with Gasteiger partial charge in [0.1, 0.15) is 0 Å². The fraction of sp³-hybridized carbons (Fsp3) is 0.875. The molecule has 1 unspecified atom stereocenters. The number of ketones is 2. The van der Waals surface area contributed by atoms with Crippen molar-refractivity contribution in [1.82, 2.24) is 0 Å². The van der Waals surface area contributed by atoms with Crippen LogP contribution in [-0.4, -0.2) is 11.6 Å². The highest BCUT2D eigenvalue weighted by Crippen LogP contribution is 2.59. The predicted octanol–water partition coefficient (Wildman–Crippen LogP) is 4.17. The Kier molecular flexibility index (Phi) is 4.74. The van der Waals surface area contributed by atoms with Crippen LogP contribution in [0.25, 0.3) is 0 Å². The largest absolute Gasteiger partial charge is 0.291 e. The van der Waals surface area contributed by atoms with Gasteiger partial charge in [-0.15, -0.1) is 0 Å². The van der Waals surface area contributed by atoms with E-state index < -0.39 is 5.41 Å². The third-order valence-corrected chi connectivity index (χ3v) is 5.82. The molecule has 1 atom stereocenters. The summed E-state index contributed by atoms with van der Waals surface area (Å²) < 4.78 is 0. The molecule has 1 saturated carbocycles. The molecule has 0 bridgehead atoms. The molecule has 0 saturated heterocycles. The normalized spacial score (nSPS) is 26.4. The van der Waals surface area contributed by atoms with Crippen LogP contribution in [0, 0.1) is 16.7 Å². The molecule has 0 amide bonds. The summed E-state index contributed by atoms with van der Waals surface area (Å²) in [5.41, 5.74) is -0.386. The zero-order chi connectivity index (χ0) is 14.0. The Bertz CT molecular complexity index is 322. The van der Waals surface area contributed by atoms with Gasteiger partial charge in [-0.3, -0.25) is 9.59 Å². The highest BCUT2D eigenvalue weighted by Gasteiger charge is 2.59. The van der Waals surface area contributed by atoms with Gasteiger partial charge in [-0.25, -0.2) is 0 Å². The van der Waals surface area contributed by atoms with Crippen LogP contribution in [0.2, 0.25) is 0 Å². The Morgan fingerprint density at radius 1 is 0.944 bits per heavy atom. The van der Waals surface area contributed by atoms with E-state index in [1.807, 2.05) is 0 Å². The van der Waals surface area contributed by atoms with Crippen LogP contribution in [0.1, 0.15) is 73.1 Å². The minimum Gasteiger partial charge on any atom is -0.291 e. The molecule has 0 spiro atoms. The summed E-state index contributed by atoms with van der Waals surface area (Å²) in [5, 5.41) is 0. The van der Waals surface area contributed by atoms with Crippen LogP contribution in [0.5, 0.6) is 0 Å². The average Bonchev–Trinajstić information content (AvgIpc) is 2.41. The second-order valence-electron chi connectivity index (χ2n) is 5.71. The van der Waals surface area contributed by atoms with E-state index in [4.69, 9.17) is 0 Å². The first-order valence-corrected chi connectivity index (χ1v) is 7.57. The molecule has 1 fully saturated rings. The molecule has 0 aliphatic heterocycles. The van der Waals surface area contributed by atoms with E-state index >= 15 is 0 Å². The molecule has 0 heterocycles. The Hall–Kier alpha value is -0.660. The first kappa shape index (κ1) is 15.4. The minimum absolute atomic E-state index is 0.0241. The van der Waals surface area contributed by atoms with Gasteiger partial charge in [0.25, 0.3) is 0 Å². The molecule has 0 aromatic heterocycles. The predicted molar refractivity (Wildman–Crippen MR) is 74.4 cm³/mol. The van der Waals surface area contributed by atoms with Gasteiger partial charge in [0, 0.05) is 11.8 Å². The maximum Gasteiger partial charge on any atom is 0.205 e. The van der Waals surface area contributed by atoms with Crippen LogP contribution in [-0.2, 0) is 9.59 Å². The lowest BCUT2D eigenvalue weighted by molar-refractivity contribution is -0.163. The van der Waals surface area contributed by atoms with Crippen molar-refractivity contribution in [2.45, 2.75) is 73.1 Å². The second kappa shape index (κ2) is 5.54. The zero-order valence-corrected chi connectivity index (χ0v) is 12.6.